The molecule has 3 atom stereocenters. The quantitative estimate of drug-likeness (QED) is 0.612. The van der Waals surface area contributed by atoms with Crippen LogP contribution in [0.5, 0.6) is 0 Å². The molecule has 1 fully saturated rings. The molecule has 1 aliphatic rings. The van der Waals surface area contributed by atoms with Crippen molar-refractivity contribution in [3.05, 3.63) is 107 Å². The van der Waals surface area contributed by atoms with Crippen molar-refractivity contribution >= 4 is 17.4 Å². The van der Waals surface area contributed by atoms with Gasteiger partial charge in [0.2, 0.25) is 0 Å². The molecule has 3 aromatic rings. The number of halogens is 1. The van der Waals surface area contributed by atoms with Crippen LogP contribution in [0.25, 0.3) is 0 Å². The monoisotopic (exact) mass is 332 g/mol. The summed E-state index contributed by atoms with van der Waals surface area (Å²) >= 11 is 6.01. The van der Waals surface area contributed by atoms with Crippen LogP contribution in [0.2, 0.25) is 5.02 Å². The molecule has 0 spiro atoms. The van der Waals surface area contributed by atoms with E-state index < -0.39 is 0 Å². The van der Waals surface area contributed by atoms with Crippen molar-refractivity contribution in [3.8, 4) is 0 Å². The van der Waals surface area contributed by atoms with Gasteiger partial charge >= 0.3 is 0 Å². The third-order valence-electron chi connectivity index (χ3n) is 4.90. The Labute approximate surface area is 146 Å². The molecular weight excluding hydrogens is 316 g/mol. The van der Waals surface area contributed by atoms with E-state index in [0.29, 0.717) is 5.02 Å². The van der Waals surface area contributed by atoms with Crippen molar-refractivity contribution < 1.29 is 4.79 Å². The van der Waals surface area contributed by atoms with Crippen LogP contribution in [0.3, 0.4) is 0 Å². The average Bonchev–Trinajstić information content (AvgIpc) is 2.63. The number of Topliss-reactive ketones (excluding diaryl/α,β-unsaturated/α-hetero) is 1. The lowest BCUT2D eigenvalue weighted by Crippen LogP contribution is -2.42. The highest BCUT2D eigenvalue weighted by Crippen LogP contribution is 2.55. The summed E-state index contributed by atoms with van der Waals surface area (Å²) in [5.41, 5.74) is 3.36. The molecule has 3 unspecified atom stereocenters. The Morgan fingerprint density at radius 2 is 1.04 bits per heavy atom. The van der Waals surface area contributed by atoms with E-state index in [1.807, 2.05) is 60.7 Å². The molecule has 24 heavy (non-hydrogen) atoms. The summed E-state index contributed by atoms with van der Waals surface area (Å²) in [7, 11) is 0. The summed E-state index contributed by atoms with van der Waals surface area (Å²) in [6.45, 7) is 0. The molecule has 0 N–H and O–H groups in total. The lowest BCUT2D eigenvalue weighted by atomic mass is 9.56. The number of hydrogen-bond acceptors (Lipinski definition) is 1. The number of carbonyl (C=O) groups is 1. The van der Waals surface area contributed by atoms with E-state index in [9.17, 15) is 4.79 Å². The molecule has 2 heteroatoms. The normalized spacial score (nSPS) is 22.9. The maximum Gasteiger partial charge on any atom is 0.149 e. The van der Waals surface area contributed by atoms with E-state index in [2.05, 4.69) is 24.3 Å². The van der Waals surface area contributed by atoms with E-state index in [-0.39, 0.29) is 23.5 Å². The van der Waals surface area contributed by atoms with E-state index in [1.165, 1.54) is 5.56 Å². The van der Waals surface area contributed by atoms with Crippen molar-refractivity contribution in [2.45, 2.75) is 17.8 Å². The summed E-state index contributed by atoms with van der Waals surface area (Å²) in [6.07, 6.45) is 0. The molecule has 0 heterocycles. The van der Waals surface area contributed by atoms with Gasteiger partial charge in [-0.05, 0) is 28.8 Å². The molecule has 1 aliphatic carbocycles. The standard InChI is InChI=1S/C22H17ClO/c23-18-13-11-17(12-14-18)21-19(15-7-3-1-4-8-15)20(22(21)24)16-9-5-2-6-10-16/h1-14,19-21H. The predicted octanol–water partition coefficient (Wildman–Crippen LogP) is 5.57. The molecule has 4 rings (SSSR count). The Morgan fingerprint density at radius 3 is 1.58 bits per heavy atom. The first-order valence-electron chi connectivity index (χ1n) is 8.15. The fourth-order valence-corrected chi connectivity index (χ4v) is 3.88. The molecule has 0 aromatic heterocycles. The second-order valence-electron chi connectivity index (χ2n) is 6.26. The van der Waals surface area contributed by atoms with Crippen LogP contribution in [0.4, 0.5) is 0 Å². The van der Waals surface area contributed by atoms with Crippen molar-refractivity contribution in [1.29, 1.82) is 0 Å². The highest BCUT2D eigenvalue weighted by atomic mass is 35.5. The van der Waals surface area contributed by atoms with E-state index in [1.54, 1.807) is 0 Å². The third-order valence-corrected chi connectivity index (χ3v) is 5.16. The first-order valence-corrected chi connectivity index (χ1v) is 8.52. The molecule has 1 nitrogen and oxygen atoms in total. The second-order valence-corrected chi connectivity index (χ2v) is 6.69. The van der Waals surface area contributed by atoms with Crippen molar-refractivity contribution in [2.24, 2.45) is 0 Å². The lowest BCUT2D eigenvalue weighted by Gasteiger charge is -2.44. The van der Waals surface area contributed by atoms with Gasteiger partial charge in [-0.15, -0.1) is 0 Å². The highest BCUT2D eigenvalue weighted by molar-refractivity contribution is 6.30. The molecule has 3 aromatic carbocycles. The topological polar surface area (TPSA) is 17.1 Å². The van der Waals surface area contributed by atoms with E-state index in [0.717, 1.165) is 11.1 Å². The van der Waals surface area contributed by atoms with Crippen LogP contribution < -0.4 is 0 Å². The minimum absolute atomic E-state index is 0.0747. The molecule has 0 bridgehead atoms. The van der Waals surface area contributed by atoms with Crippen molar-refractivity contribution in [2.75, 3.05) is 0 Å². The van der Waals surface area contributed by atoms with Gasteiger partial charge in [0.15, 0.2) is 0 Å². The lowest BCUT2D eigenvalue weighted by molar-refractivity contribution is -0.129. The largest absolute Gasteiger partial charge is 0.298 e. The van der Waals surface area contributed by atoms with Crippen molar-refractivity contribution in [1.82, 2.24) is 0 Å². The fourth-order valence-electron chi connectivity index (χ4n) is 3.76. The Hall–Kier alpha value is -2.38. The smallest absolute Gasteiger partial charge is 0.149 e. The maximum absolute atomic E-state index is 13.0. The summed E-state index contributed by atoms with van der Waals surface area (Å²) in [6, 6.07) is 28.1. The zero-order chi connectivity index (χ0) is 16.5. The SMILES string of the molecule is O=C1C(c2ccccc2)C(c2ccccc2)C1c1ccc(Cl)cc1. The Kier molecular flexibility index (Phi) is 3.95. The van der Waals surface area contributed by atoms with E-state index in [4.69, 9.17) is 11.6 Å². The minimum atomic E-state index is -0.102. The van der Waals surface area contributed by atoms with Gasteiger partial charge in [-0.25, -0.2) is 0 Å². The van der Waals surface area contributed by atoms with Gasteiger partial charge in [-0.2, -0.15) is 0 Å². The molecule has 1 saturated carbocycles. The van der Waals surface area contributed by atoms with Crippen LogP contribution in [-0.2, 0) is 4.79 Å². The van der Waals surface area contributed by atoms with Crippen molar-refractivity contribution in [3.63, 3.8) is 0 Å². The van der Waals surface area contributed by atoms with Gasteiger partial charge in [0, 0.05) is 10.9 Å². The number of carbonyl (C=O) groups excluding carboxylic acids is 1. The van der Waals surface area contributed by atoms with Gasteiger partial charge in [0.05, 0.1) is 11.8 Å². The van der Waals surface area contributed by atoms with Crippen LogP contribution in [0.1, 0.15) is 34.4 Å². The molecule has 0 saturated heterocycles. The third kappa shape index (κ3) is 2.55. The maximum atomic E-state index is 13.0. The van der Waals surface area contributed by atoms with Crippen LogP contribution in [0, 0.1) is 0 Å². The Balaban J connectivity index is 1.77. The van der Waals surface area contributed by atoms with Crippen LogP contribution >= 0.6 is 11.6 Å². The zero-order valence-corrected chi connectivity index (χ0v) is 13.9. The van der Waals surface area contributed by atoms with Gasteiger partial charge in [0.1, 0.15) is 5.78 Å². The predicted molar refractivity (Wildman–Crippen MR) is 97.6 cm³/mol. The van der Waals surface area contributed by atoms with Gasteiger partial charge in [-0.1, -0.05) is 84.4 Å². The van der Waals surface area contributed by atoms with Gasteiger partial charge < -0.3 is 0 Å². The molecule has 0 radical (unpaired) electrons. The first kappa shape index (κ1) is 15.2. The highest BCUT2D eigenvalue weighted by Gasteiger charge is 2.51. The fraction of sp³-hybridized carbons (Fsp3) is 0.136. The van der Waals surface area contributed by atoms with E-state index >= 15 is 0 Å². The summed E-state index contributed by atoms with van der Waals surface area (Å²) in [4.78, 5) is 13.0. The number of rotatable bonds is 3. The molecule has 0 aliphatic heterocycles. The van der Waals surface area contributed by atoms with Crippen LogP contribution in [-0.4, -0.2) is 5.78 Å². The summed E-state index contributed by atoms with van der Waals surface area (Å²) in [5.74, 6) is 0.281. The average molecular weight is 333 g/mol. The zero-order valence-electron chi connectivity index (χ0n) is 13.1. The number of benzene rings is 3. The van der Waals surface area contributed by atoms with Gasteiger partial charge in [0.25, 0.3) is 0 Å². The second kappa shape index (κ2) is 6.26. The first-order chi connectivity index (χ1) is 11.8. The minimum Gasteiger partial charge on any atom is -0.298 e. The number of hydrogen-bond donors (Lipinski definition) is 0. The van der Waals surface area contributed by atoms with Gasteiger partial charge in [-0.3, -0.25) is 4.79 Å². The molecule has 118 valence electrons. The summed E-state index contributed by atoms with van der Waals surface area (Å²) in [5, 5.41) is 0.696. The molecule has 0 amide bonds. The molecular formula is C22H17ClO. The number of ketones is 1. The van der Waals surface area contributed by atoms with Crippen LogP contribution in [0.15, 0.2) is 84.9 Å². The summed E-state index contributed by atoms with van der Waals surface area (Å²) < 4.78 is 0. The Morgan fingerprint density at radius 1 is 0.583 bits per heavy atom. The Bertz CT molecular complexity index is 840.